The molecule has 0 radical (unpaired) electrons. The molecule has 3 atom stereocenters. The summed E-state index contributed by atoms with van der Waals surface area (Å²) in [5.41, 5.74) is -0.970. The van der Waals surface area contributed by atoms with Gasteiger partial charge in [0.2, 0.25) is 0 Å². The fourth-order valence-corrected chi connectivity index (χ4v) is 5.96. The number of esters is 2. The quantitative estimate of drug-likeness (QED) is 0.221. The van der Waals surface area contributed by atoms with Crippen LogP contribution in [-0.2, 0) is 20.9 Å². The highest BCUT2D eigenvalue weighted by atomic mass is 16.5. The van der Waals surface area contributed by atoms with E-state index in [1.807, 2.05) is 86.6 Å². The first-order chi connectivity index (χ1) is 17.3. The molecule has 3 unspecified atom stereocenters. The lowest BCUT2D eigenvalue weighted by Gasteiger charge is -2.43. The van der Waals surface area contributed by atoms with Crippen molar-refractivity contribution in [2.45, 2.75) is 67.9 Å². The Kier molecular flexibility index (Phi) is 7.00. The molecule has 0 aliphatic heterocycles. The topological polar surface area (TPSA) is 52.6 Å². The lowest BCUT2D eigenvalue weighted by Crippen LogP contribution is -2.44. The smallest absolute Gasteiger partial charge is 0.317 e. The molecule has 196 valence electrons. The van der Waals surface area contributed by atoms with E-state index in [1.165, 1.54) is 0 Å². The molecule has 1 fully saturated rings. The number of carbonyl (C=O) groups excluding carboxylic acids is 2. The highest BCUT2D eigenvalue weighted by molar-refractivity contribution is 5.91. The summed E-state index contributed by atoms with van der Waals surface area (Å²) in [6.45, 7) is 14.9. The Balaban J connectivity index is 1.52. The summed E-state index contributed by atoms with van der Waals surface area (Å²) >= 11 is 0. The van der Waals surface area contributed by atoms with Crippen LogP contribution in [0.25, 0.3) is 10.8 Å². The third-order valence-corrected chi connectivity index (χ3v) is 9.46. The Labute approximate surface area is 221 Å². The van der Waals surface area contributed by atoms with E-state index in [2.05, 4.69) is 34.6 Å². The lowest BCUT2D eigenvalue weighted by atomic mass is 9.61. The van der Waals surface area contributed by atoms with Crippen LogP contribution < -0.4 is 4.74 Å². The van der Waals surface area contributed by atoms with Gasteiger partial charge in [-0.1, -0.05) is 101 Å². The van der Waals surface area contributed by atoms with Gasteiger partial charge >= 0.3 is 11.9 Å². The highest BCUT2D eigenvalue weighted by Gasteiger charge is 2.73. The van der Waals surface area contributed by atoms with Crippen LogP contribution in [0.15, 0.2) is 72.8 Å². The Morgan fingerprint density at radius 1 is 0.892 bits per heavy atom. The van der Waals surface area contributed by atoms with E-state index in [0.29, 0.717) is 12.2 Å². The first-order valence-electron chi connectivity index (χ1n) is 13.3. The van der Waals surface area contributed by atoms with Gasteiger partial charge in [-0.15, -0.1) is 0 Å². The van der Waals surface area contributed by atoms with Crippen molar-refractivity contribution in [2.75, 3.05) is 0 Å². The summed E-state index contributed by atoms with van der Waals surface area (Å²) in [6, 6.07) is 23.5. The van der Waals surface area contributed by atoms with Gasteiger partial charge in [-0.05, 0) is 60.5 Å². The van der Waals surface area contributed by atoms with E-state index in [1.54, 1.807) is 0 Å². The molecule has 4 heteroatoms. The van der Waals surface area contributed by atoms with Gasteiger partial charge in [-0.25, -0.2) is 0 Å². The predicted molar refractivity (Wildman–Crippen MR) is 148 cm³/mol. The van der Waals surface area contributed by atoms with Crippen molar-refractivity contribution in [3.05, 3.63) is 78.4 Å². The minimum absolute atomic E-state index is 0.0490. The summed E-state index contributed by atoms with van der Waals surface area (Å²) in [6.07, 6.45) is 1.33. The number of fused-ring (bicyclic) bond motifs is 1. The molecule has 1 aliphatic carbocycles. The second kappa shape index (κ2) is 9.63. The molecule has 3 aromatic rings. The fraction of sp³-hybridized carbons (Fsp3) is 0.455. The number of hydrogen-bond acceptors (Lipinski definition) is 4. The van der Waals surface area contributed by atoms with Gasteiger partial charge in [0.05, 0.1) is 10.8 Å². The van der Waals surface area contributed by atoms with Crippen LogP contribution in [0.1, 0.15) is 66.9 Å². The summed E-state index contributed by atoms with van der Waals surface area (Å²) in [7, 11) is 0. The maximum Gasteiger partial charge on any atom is 0.317 e. The average Bonchev–Trinajstić information content (AvgIpc) is 3.47. The van der Waals surface area contributed by atoms with Crippen molar-refractivity contribution in [1.82, 2.24) is 0 Å². The van der Waals surface area contributed by atoms with E-state index in [0.717, 1.165) is 22.8 Å². The molecule has 4 nitrogen and oxygen atoms in total. The van der Waals surface area contributed by atoms with E-state index in [9.17, 15) is 9.59 Å². The molecule has 1 aliphatic rings. The van der Waals surface area contributed by atoms with Crippen LogP contribution in [-0.4, -0.2) is 11.9 Å². The molecule has 0 bridgehead atoms. The first-order valence-corrected chi connectivity index (χ1v) is 13.3. The van der Waals surface area contributed by atoms with Gasteiger partial charge in [0.1, 0.15) is 12.4 Å². The molecule has 4 rings (SSSR count). The van der Waals surface area contributed by atoms with E-state index >= 15 is 0 Å². The van der Waals surface area contributed by atoms with Crippen molar-refractivity contribution in [1.29, 1.82) is 0 Å². The minimum atomic E-state index is -0.735. The maximum absolute atomic E-state index is 13.8. The normalized spacial score (nSPS) is 22.9. The SMILES string of the molecule is CC(C)C(C)(CC(C)(C)C1(C)CC1(C)C(=O)OCc1ccccc1)C(=O)Oc1cccc2ccccc12. The molecular formula is C33H40O4. The third-order valence-electron chi connectivity index (χ3n) is 9.46. The van der Waals surface area contributed by atoms with Gasteiger partial charge in [0.15, 0.2) is 0 Å². The Bertz CT molecular complexity index is 1290. The molecule has 0 spiro atoms. The Morgan fingerprint density at radius 3 is 2.19 bits per heavy atom. The summed E-state index contributed by atoms with van der Waals surface area (Å²) in [5, 5.41) is 1.96. The van der Waals surface area contributed by atoms with Crippen molar-refractivity contribution in [2.24, 2.45) is 27.6 Å². The van der Waals surface area contributed by atoms with E-state index < -0.39 is 10.8 Å². The molecule has 0 aromatic heterocycles. The van der Waals surface area contributed by atoms with Crippen LogP contribution in [0.4, 0.5) is 0 Å². The molecule has 0 saturated heterocycles. The maximum atomic E-state index is 13.8. The zero-order valence-electron chi connectivity index (χ0n) is 23.3. The first kappa shape index (κ1) is 26.9. The lowest BCUT2D eigenvalue weighted by molar-refractivity contribution is -0.155. The monoisotopic (exact) mass is 500 g/mol. The van der Waals surface area contributed by atoms with Crippen molar-refractivity contribution in [3.63, 3.8) is 0 Å². The van der Waals surface area contributed by atoms with E-state index in [-0.39, 0.29) is 35.3 Å². The second-order valence-electron chi connectivity index (χ2n) is 12.4. The van der Waals surface area contributed by atoms with Crippen LogP contribution in [0.2, 0.25) is 0 Å². The van der Waals surface area contributed by atoms with Crippen LogP contribution in [0.5, 0.6) is 5.75 Å². The van der Waals surface area contributed by atoms with E-state index in [4.69, 9.17) is 9.47 Å². The van der Waals surface area contributed by atoms with Gasteiger partial charge < -0.3 is 9.47 Å². The predicted octanol–water partition coefficient (Wildman–Crippen LogP) is 7.98. The Hall–Kier alpha value is -3.14. The van der Waals surface area contributed by atoms with Crippen molar-refractivity contribution >= 4 is 22.7 Å². The van der Waals surface area contributed by atoms with Crippen LogP contribution in [0, 0.1) is 27.6 Å². The summed E-state index contributed by atoms with van der Waals surface area (Å²) in [5.74, 6) is 0.230. The van der Waals surface area contributed by atoms with Crippen LogP contribution >= 0.6 is 0 Å². The largest absolute Gasteiger partial charge is 0.460 e. The average molecular weight is 501 g/mol. The second-order valence-corrected chi connectivity index (χ2v) is 12.4. The minimum Gasteiger partial charge on any atom is -0.460 e. The molecule has 1 saturated carbocycles. The molecule has 0 amide bonds. The van der Waals surface area contributed by atoms with Gasteiger partial charge in [-0.3, -0.25) is 9.59 Å². The number of rotatable bonds is 9. The van der Waals surface area contributed by atoms with Crippen LogP contribution in [0.3, 0.4) is 0 Å². The van der Waals surface area contributed by atoms with Crippen molar-refractivity contribution in [3.8, 4) is 5.75 Å². The molecule has 0 heterocycles. The zero-order valence-corrected chi connectivity index (χ0v) is 23.3. The number of benzene rings is 3. The summed E-state index contributed by atoms with van der Waals surface area (Å²) in [4.78, 5) is 27.0. The number of ether oxygens (including phenoxy) is 2. The Morgan fingerprint density at radius 2 is 1.51 bits per heavy atom. The van der Waals surface area contributed by atoms with Gasteiger partial charge in [-0.2, -0.15) is 0 Å². The molecular weight excluding hydrogens is 460 g/mol. The molecule has 37 heavy (non-hydrogen) atoms. The standard InChI is InChI=1S/C33H40O4/c1-23(2)31(5,28(34)37-27-19-13-17-25-16-11-12-18-26(25)27)21-30(3,4)33(7)22-32(33,6)29(35)36-20-24-14-9-8-10-15-24/h8-19,23H,20-22H2,1-7H3. The number of hydrogen-bond donors (Lipinski definition) is 0. The third kappa shape index (κ3) is 4.79. The van der Waals surface area contributed by atoms with Gasteiger partial charge in [0, 0.05) is 5.39 Å². The molecule has 0 N–H and O–H groups in total. The fourth-order valence-electron chi connectivity index (χ4n) is 5.96. The highest BCUT2D eigenvalue weighted by Crippen LogP contribution is 2.74. The zero-order chi connectivity index (χ0) is 27.1. The van der Waals surface area contributed by atoms with Gasteiger partial charge in [0.25, 0.3) is 0 Å². The summed E-state index contributed by atoms with van der Waals surface area (Å²) < 4.78 is 11.8. The number of carbonyl (C=O) groups is 2. The van der Waals surface area contributed by atoms with Crippen molar-refractivity contribution < 1.29 is 19.1 Å². The molecule has 3 aromatic carbocycles.